The van der Waals surface area contributed by atoms with E-state index in [4.69, 9.17) is 26.4 Å². The summed E-state index contributed by atoms with van der Waals surface area (Å²) in [7, 11) is 0. The number of hydrogen-bond donors (Lipinski definition) is 0. The number of carbonyl (C=O) groups excluding carboxylic acids is 2. The summed E-state index contributed by atoms with van der Waals surface area (Å²) in [6.45, 7) is 7.39. The van der Waals surface area contributed by atoms with Crippen LogP contribution in [0.1, 0.15) is 43.4 Å². The van der Waals surface area contributed by atoms with Gasteiger partial charge >= 0.3 is 5.97 Å². The fourth-order valence-electron chi connectivity index (χ4n) is 3.30. The summed E-state index contributed by atoms with van der Waals surface area (Å²) < 4.78 is 17.3. The number of nitrogens with zero attached hydrogens (tertiary/aromatic N) is 1. The molecule has 8 heteroatoms. The molecule has 0 saturated carbocycles. The second-order valence-corrected chi connectivity index (χ2v) is 9.40. The number of aryl methyl sites for hydroxylation is 1. The molecule has 6 nitrogen and oxygen atoms in total. The summed E-state index contributed by atoms with van der Waals surface area (Å²) in [5.74, 6) is 0.704. The molecule has 0 radical (unpaired) electrons. The van der Waals surface area contributed by atoms with Gasteiger partial charge in [0.15, 0.2) is 11.5 Å². The lowest BCUT2D eigenvalue weighted by molar-refractivity contribution is -0.143. The molecule has 0 unspecified atom stereocenters. The second-order valence-electron chi connectivity index (χ2n) is 7.72. The van der Waals surface area contributed by atoms with E-state index in [0.29, 0.717) is 40.5 Å². The van der Waals surface area contributed by atoms with Crippen molar-refractivity contribution in [2.24, 2.45) is 0 Å². The summed E-state index contributed by atoms with van der Waals surface area (Å²) in [6, 6.07) is 13.7. The molecule has 3 rings (SSSR count). The number of hydrogen-bond acceptors (Lipinski definition) is 7. The molecular weight excluding hydrogens is 470 g/mol. The van der Waals surface area contributed by atoms with Gasteiger partial charge in [0, 0.05) is 6.54 Å². The van der Waals surface area contributed by atoms with Crippen molar-refractivity contribution in [3.63, 3.8) is 0 Å². The highest BCUT2D eigenvalue weighted by molar-refractivity contribution is 8.26. The Morgan fingerprint density at radius 3 is 2.68 bits per heavy atom. The van der Waals surface area contributed by atoms with Crippen LogP contribution in [0.2, 0.25) is 0 Å². The molecule has 2 aromatic rings. The number of carbonyl (C=O) groups is 2. The zero-order valence-corrected chi connectivity index (χ0v) is 21.3. The van der Waals surface area contributed by atoms with Gasteiger partial charge in [-0.25, -0.2) is 0 Å². The van der Waals surface area contributed by atoms with Crippen LogP contribution in [-0.2, 0) is 20.9 Å². The van der Waals surface area contributed by atoms with Crippen molar-refractivity contribution >= 4 is 46.3 Å². The minimum Gasteiger partial charge on any atom is -0.490 e. The van der Waals surface area contributed by atoms with Gasteiger partial charge in [0.2, 0.25) is 0 Å². The Morgan fingerprint density at radius 1 is 1.12 bits per heavy atom. The molecule has 2 aromatic carbocycles. The lowest BCUT2D eigenvalue weighted by Gasteiger charge is -2.14. The van der Waals surface area contributed by atoms with E-state index >= 15 is 0 Å². The van der Waals surface area contributed by atoms with E-state index in [0.717, 1.165) is 17.5 Å². The Balaban J connectivity index is 1.69. The number of rotatable bonds is 11. The van der Waals surface area contributed by atoms with Gasteiger partial charge in [-0.3, -0.25) is 14.5 Å². The van der Waals surface area contributed by atoms with Gasteiger partial charge in [0.1, 0.15) is 10.9 Å². The van der Waals surface area contributed by atoms with E-state index in [-0.39, 0.29) is 24.8 Å². The van der Waals surface area contributed by atoms with Crippen molar-refractivity contribution in [1.82, 2.24) is 4.90 Å². The highest BCUT2D eigenvalue weighted by Gasteiger charge is 2.32. The maximum atomic E-state index is 12.9. The van der Waals surface area contributed by atoms with Crippen LogP contribution < -0.4 is 9.47 Å². The summed E-state index contributed by atoms with van der Waals surface area (Å²) in [5.41, 5.74) is 3.06. The van der Waals surface area contributed by atoms with Crippen molar-refractivity contribution in [2.75, 3.05) is 19.8 Å². The molecule has 0 N–H and O–H groups in total. The van der Waals surface area contributed by atoms with E-state index in [9.17, 15) is 9.59 Å². The van der Waals surface area contributed by atoms with E-state index in [1.165, 1.54) is 22.2 Å². The van der Waals surface area contributed by atoms with Gasteiger partial charge in [0.25, 0.3) is 5.91 Å². The van der Waals surface area contributed by atoms with Gasteiger partial charge in [-0.2, -0.15) is 0 Å². The number of thiocarbonyl (C=S) groups is 1. The SMILES string of the molecule is CCCOC(=O)CCN1C(=O)/C(=C\c2ccc(OCc3cccc(C)c3)c(OCC)c2)SC1=S. The molecule has 180 valence electrons. The molecule has 0 aliphatic carbocycles. The predicted octanol–water partition coefficient (Wildman–Crippen LogP) is 5.52. The Hall–Kier alpha value is -2.84. The van der Waals surface area contributed by atoms with Crippen LogP contribution in [0.5, 0.6) is 11.5 Å². The molecule has 1 heterocycles. The third-order valence-electron chi connectivity index (χ3n) is 4.92. The average Bonchev–Trinajstić information content (AvgIpc) is 3.08. The molecule has 1 aliphatic rings. The smallest absolute Gasteiger partial charge is 0.307 e. The zero-order chi connectivity index (χ0) is 24.5. The lowest BCUT2D eigenvalue weighted by atomic mass is 10.1. The Labute approximate surface area is 210 Å². The third kappa shape index (κ3) is 7.08. The Morgan fingerprint density at radius 2 is 1.94 bits per heavy atom. The minimum atomic E-state index is -0.331. The quantitative estimate of drug-likeness (QED) is 0.229. The normalized spacial score (nSPS) is 14.6. The Kier molecular flexibility index (Phi) is 9.53. The third-order valence-corrected chi connectivity index (χ3v) is 6.30. The molecule has 1 saturated heterocycles. The average molecular weight is 500 g/mol. The summed E-state index contributed by atoms with van der Waals surface area (Å²) in [5, 5.41) is 0. The number of ether oxygens (including phenoxy) is 3. The van der Waals surface area contributed by atoms with Crippen LogP contribution in [0.25, 0.3) is 6.08 Å². The maximum Gasteiger partial charge on any atom is 0.307 e. The molecule has 34 heavy (non-hydrogen) atoms. The number of esters is 1. The molecule has 0 bridgehead atoms. The summed E-state index contributed by atoms with van der Waals surface area (Å²) in [6.07, 6.45) is 2.65. The number of amides is 1. The van der Waals surface area contributed by atoms with Crippen LogP contribution >= 0.6 is 24.0 Å². The highest BCUT2D eigenvalue weighted by Crippen LogP contribution is 2.35. The van der Waals surface area contributed by atoms with E-state index in [2.05, 4.69) is 6.07 Å². The first-order chi connectivity index (χ1) is 16.4. The first kappa shape index (κ1) is 25.8. The van der Waals surface area contributed by atoms with Crippen LogP contribution in [0.3, 0.4) is 0 Å². The van der Waals surface area contributed by atoms with Gasteiger partial charge in [-0.1, -0.05) is 66.8 Å². The largest absolute Gasteiger partial charge is 0.490 e. The van der Waals surface area contributed by atoms with Gasteiger partial charge in [0.05, 0.1) is 24.5 Å². The summed E-state index contributed by atoms with van der Waals surface area (Å²) >= 11 is 6.58. The first-order valence-corrected chi connectivity index (χ1v) is 12.5. The van der Waals surface area contributed by atoms with Crippen LogP contribution in [0.15, 0.2) is 47.4 Å². The van der Waals surface area contributed by atoms with E-state index < -0.39 is 0 Å². The molecular formula is C26H29NO5S2. The molecule has 0 spiro atoms. The molecule has 1 fully saturated rings. The highest BCUT2D eigenvalue weighted by atomic mass is 32.2. The van der Waals surface area contributed by atoms with Crippen LogP contribution in [0.4, 0.5) is 0 Å². The molecule has 1 amide bonds. The van der Waals surface area contributed by atoms with Crippen molar-refractivity contribution in [2.45, 2.75) is 40.2 Å². The van der Waals surface area contributed by atoms with Gasteiger partial charge < -0.3 is 14.2 Å². The fraction of sp³-hybridized carbons (Fsp3) is 0.346. The minimum absolute atomic E-state index is 0.112. The molecule has 0 aromatic heterocycles. The van der Waals surface area contributed by atoms with Crippen LogP contribution in [0, 0.1) is 6.92 Å². The van der Waals surface area contributed by atoms with E-state index in [1.807, 2.05) is 57.2 Å². The monoisotopic (exact) mass is 499 g/mol. The molecule has 1 aliphatic heterocycles. The number of thioether (sulfide) groups is 1. The first-order valence-electron chi connectivity index (χ1n) is 11.3. The zero-order valence-electron chi connectivity index (χ0n) is 19.7. The predicted molar refractivity (Wildman–Crippen MR) is 139 cm³/mol. The maximum absolute atomic E-state index is 12.9. The van der Waals surface area contributed by atoms with Crippen LogP contribution in [-0.4, -0.2) is 40.9 Å². The van der Waals surface area contributed by atoms with Crippen molar-refractivity contribution < 1.29 is 23.8 Å². The standard InChI is InChI=1S/C26H29NO5S2/c1-4-13-31-24(28)11-12-27-25(29)23(34-26(27)33)16-19-9-10-21(22(15-19)30-5-2)32-17-20-8-6-7-18(3)14-20/h6-10,14-16H,4-5,11-13,17H2,1-3H3/b23-16+. The Bertz CT molecular complexity index is 1080. The topological polar surface area (TPSA) is 65.1 Å². The van der Waals surface area contributed by atoms with Gasteiger partial charge in [-0.15, -0.1) is 0 Å². The lowest BCUT2D eigenvalue weighted by Crippen LogP contribution is -2.30. The van der Waals surface area contributed by atoms with E-state index in [1.54, 1.807) is 6.08 Å². The second kappa shape index (κ2) is 12.6. The fourth-order valence-corrected chi connectivity index (χ4v) is 4.61. The van der Waals surface area contributed by atoms with Crippen molar-refractivity contribution in [3.8, 4) is 11.5 Å². The van der Waals surface area contributed by atoms with Crippen molar-refractivity contribution in [3.05, 3.63) is 64.1 Å². The van der Waals surface area contributed by atoms with Gasteiger partial charge in [-0.05, 0) is 49.6 Å². The molecule has 0 atom stereocenters. The van der Waals surface area contributed by atoms with Crippen molar-refractivity contribution in [1.29, 1.82) is 0 Å². The number of benzene rings is 2. The summed E-state index contributed by atoms with van der Waals surface area (Å²) in [4.78, 5) is 26.6.